The Kier molecular flexibility index (Phi) is 37.0. The lowest BCUT2D eigenvalue weighted by Gasteiger charge is -2.40. The SMILES string of the molecule is CCCCCC/C=C/CC/C=C/C(O)C(COC1OC(CO)C(O)C(O)C1O)NC(=O)CCCCCCC/C=C\CCCCOC(=O)CCCCCCCCCCCCC. The number of nitrogens with one attached hydrogen (secondary N) is 1. The summed E-state index contributed by atoms with van der Waals surface area (Å²) in [5, 5.41) is 54.0. The zero-order valence-electron chi connectivity index (χ0n) is 37.9. The van der Waals surface area contributed by atoms with Crippen LogP contribution in [0.4, 0.5) is 0 Å². The van der Waals surface area contributed by atoms with Crippen LogP contribution < -0.4 is 5.32 Å². The quantitative estimate of drug-likeness (QED) is 0.0198. The van der Waals surface area contributed by atoms with Crippen LogP contribution in [0.1, 0.15) is 200 Å². The standard InChI is InChI=1S/C49H89NO10/c1-3-5-7-9-11-13-16-21-25-29-33-37-45(54)58-38-34-30-26-22-18-15-17-20-24-28-32-36-44(53)50-41(40-59-49-48(57)47(56)46(55)43(39-51)60-49)42(52)35-31-27-23-19-14-12-10-8-6-4-2/h14,18-19,22,31,35,41-43,46-49,51-52,55-57H,3-13,15-17,20-21,23-30,32-34,36-40H2,1-2H3,(H,50,53)/b19-14+,22-18-,35-31+. The van der Waals surface area contributed by atoms with E-state index in [2.05, 4.69) is 43.5 Å². The van der Waals surface area contributed by atoms with Gasteiger partial charge >= 0.3 is 5.97 Å². The molecule has 60 heavy (non-hydrogen) atoms. The van der Waals surface area contributed by atoms with Gasteiger partial charge in [0.2, 0.25) is 5.91 Å². The van der Waals surface area contributed by atoms with Crippen LogP contribution in [0.15, 0.2) is 36.5 Å². The van der Waals surface area contributed by atoms with Crippen molar-refractivity contribution < 1.29 is 49.3 Å². The van der Waals surface area contributed by atoms with Crippen molar-refractivity contribution in [3.8, 4) is 0 Å². The first-order valence-electron chi connectivity index (χ1n) is 24.3. The van der Waals surface area contributed by atoms with Crippen molar-refractivity contribution in [2.45, 2.75) is 243 Å². The third-order valence-electron chi connectivity index (χ3n) is 11.2. The molecule has 7 unspecified atom stereocenters. The van der Waals surface area contributed by atoms with Gasteiger partial charge < -0.3 is 45.1 Å². The fraction of sp³-hybridized carbons (Fsp3) is 0.837. The fourth-order valence-electron chi connectivity index (χ4n) is 7.26. The van der Waals surface area contributed by atoms with Crippen molar-refractivity contribution in [3.63, 3.8) is 0 Å². The summed E-state index contributed by atoms with van der Waals surface area (Å²) in [5.41, 5.74) is 0. The molecule has 1 saturated heterocycles. The number of hydrogen-bond acceptors (Lipinski definition) is 10. The number of amides is 1. The lowest BCUT2D eigenvalue weighted by molar-refractivity contribution is -0.302. The Hall–Kier alpha value is -2.12. The maximum absolute atomic E-state index is 12.9. The normalized spacial score (nSPS) is 20.7. The Labute approximate surface area is 364 Å². The van der Waals surface area contributed by atoms with Gasteiger partial charge in [-0.1, -0.05) is 153 Å². The summed E-state index contributed by atoms with van der Waals surface area (Å²) in [4.78, 5) is 24.9. The van der Waals surface area contributed by atoms with Crippen LogP contribution in [0.2, 0.25) is 0 Å². The Morgan fingerprint density at radius 1 is 0.600 bits per heavy atom. The zero-order chi connectivity index (χ0) is 43.9. The van der Waals surface area contributed by atoms with Crippen LogP contribution in [-0.4, -0.2) is 100 Å². The molecule has 0 aromatic carbocycles. The van der Waals surface area contributed by atoms with Crippen LogP contribution in [0.5, 0.6) is 0 Å². The molecule has 1 rings (SSSR count). The molecule has 1 heterocycles. The van der Waals surface area contributed by atoms with Crippen molar-refractivity contribution in [3.05, 3.63) is 36.5 Å². The third-order valence-corrected chi connectivity index (χ3v) is 11.2. The van der Waals surface area contributed by atoms with Crippen LogP contribution in [0.25, 0.3) is 0 Å². The van der Waals surface area contributed by atoms with Gasteiger partial charge in [-0.05, 0) is 70.6 Å². The van der Waals surface area contributed by atoms with Gasteiger partial charge in [0, 0.05) is 12.8 Å². The van der Waals surface area contributed by atoms with Crippen LogP contribution >= 0.6 is 0 Å². The first kappa shape index (κ1) is 55.9. The number of aliphatic hydroxyl groups is 5. The van der Waals surface area contributed by atoms with E-state index in [0.29, 0.717) is 25.9 Å². The van der Waals surface area contributed by atoms with E-state index in [1.54, 1.807) is 6.08 Å². The Morgan fingerprint density at radius 3 is 1.67 bits per heavy atom. The first-order chi connectivity index (χ1) is 29.2. The van der Waals surface area contributed by atoms with E-state index in [9.17, 15) is 35.1 Å². The maximum atomic E-state index is 12.9. The van der Waals surface area contributed by atoms with Crippen LogP contribution in [-0.2, 0) is 23.8 Å². The van der Waals surface area contributed by atoms with Crippen LogP contribution in [0.3, 0.4) is 0 Å². The number of rotatable bonds is 40. The molecule has 0 aliphatic carbocycles. The average molecular weight is 852 g/mol. The van der Waals surface area contributed by atoms with E-state index in [1.807, 2.05) is 6.08 Å². The lowest BCUT2D eigenvalue weighted by atomic mass is 9.99. The van der Waals surface area contributed by atoms with E-state index in [-0.39, 0.29) is 18.5 Å². The molecule has 11 nitrogen and oxygen atoms in total. The van der Waals surface area contributed by atoms with E-state index in [0.717, 1.165) is 83.5 Å². The Balaban J connectivity index is 2.24. The molecule has 1 aliphatic heterocycles. The zero-order valence-corrected chi connectivity index (χ0v) is 37.9. The summed E-state index contributed by atoms with van der Waals surface area (Å²) >= 11 is 0. The minimum atomic E-state index is -1.59. The minimum absolute atomic E-state index is 0.0599. The van der Waals surface area contributed by atoms with Gasteiger partial charge in [-0.3, -0.25) is 9.59 Å². The predicted octanol–water partition coefficient (Wildman–Crippen LogP) is 9.21. The smallest absolute Gasteiger partial charge is 0.305 e. The molecule has 350 valence electrons. The number of aliphatic hydroxyl groups excluding tert-OH is 5. The number of ether oxygens (including phenoxy) is 3. The Morgan fingerprint density at radius 2 is 1.08 bits per heavy atom. The van der Waals surface area contributed by atoms with E-state index >= 15 is 0 Å². The Bertz CT molecular complexity index is 1100. The van der Waals surface area contributed by atoms with Crippen LogP contribution in [0, 0.1) is 0 Å². The largest absolute Gasteiger partial charge is 0.466 e. The van der Waals surface area contributed by atoms with E-state index in [1.165, 1.54) is 83.5 Å². The minimum Gasteiger partial charge on any atom is -0.466 e. The molecule has 0 spiro atoms. The summed E-state index contributed by atoms with van der Waals surface area (Å²) in [6.07, 6.45) is 35.1. The predicted molar refractivity (Wildman–Crippen MR) is 241 cm³/mol. The molecule has 0 aromatic rings. The molecule has 11 heteroatoms. The molecular weight excluding hydrogens is 763 g/mol. The van der Waals surface area contributed by atoms with Gasteiger partial charge in [-0.25, -0.2) is 0 Å². The van der Waals surface area contributed by atoms with Crippen molar-refractivity contribution in [1.82, 2.24) is 5.32 Å². The second kappa shape index (κ2) is 39.7. The van der Waals surface area contributed by atoms with Crippen molar-refractivity contribution in [2.75, 3.05) is 19.8 Å². The molecule has 1 fully saturated rings. The number of hydrogen-bond donors (Lipinski definition) is 6. The highest BCUT2D eigenvalue weighted by Gasteiger charge is 2.44. The van der Waals surface area contributed by atoms with Gasteiger partial charge in [0.25, 0.3) is 0 Å². The van der Waals surface area contributed by atoms with Gasteiger partial charge in [-0.15, -0.1) is 0 Å². The van der Waals surface area contributed by atoms with Gasteiger partial charge in [0.15, 0.2) is 6.29 Å². The number of unbranched alkanes of at least 4 members (excludes halogenated alkanes) is 22. The molecule has 6 N–H and O–H groups in total. The van der Waals surface area contributed by atoms with Crippen molar-refractivity contribution >= 4 is 11.9 Å². The van der Waals surface area contributed by atoms with Crippen molar-refractivity contribution in [1.29, 1.82) is 0 Å². The topological polar surface area (TPSA) is 175 Å². The fourth-order valence-corrected chi connectivity index (χ4v) is 7.26. The summed E-state index contributed by atoms with van der Waals surface area (Å²) in [7, 11) is 0. The summed E-state index contributed by atoms with van der Waals surface area (Å²) in [6, 6.07) is -0.846. The number of carbonyl (C=O) groups is 2. The number of allylic oxidation sites excluding steroid dienone is 5. The highest BCUT2D eigenvalue weighted by molar-refractivity contribution is 5.76. The maximum Gasteiger partial charge on any atom is 0.305 e. The third kappa shape index (κ3) is 30.0. The average Bonchev–Trinajstić information content (AvgIpc) is 3.24. The number of esters is 1. The highest BCUT2D eigenvalue weighted by Crippen LogP contribution is 2.22. The first-order valence-corrected chi connectivity index (χ1v) is 24.3. The van der Waals surface area contributed by atoms with Gasteiger partial charge in [0.1, 0.15) is 24.4 Å². The second-order valence-corrected chi connectivity index (χ2v) is 16.8. The molecule has 0 saturated carbocycles. The highest BCUT2D eigenvalue weighted by atomic mass is 16.7. The second-order valence-electron chi connectivity index (χ2n) is 16.8. The van der Waals surface area contributed by atoms with Gasteiger partial charge in [-0.2, -0.15) is 0 Å². The number of carbonyl (C=O) groups excluding carboxylic acids is 2. The lowest BCUT2D eigenvalue weighted by Crippen LogP contribution is -2.60. The molecule has 0 bridgehead atoms. The van der Waals surface area contributed by atoms with Crippen molar-refractivity contribution in [2.24, 2.45) is 0 Å². The monoisotopic (exact) mass is 852 g/mol. The molecule has 0 aromatic heterocycles. The molecule has 7 atom stereocenters. The van der Waals surface area contributed by atoms with Gasteiger partial charge in [0.05, 0.1) is 32.0 Å². The molecule has 0 radical (unpaired) electrons. The molecular formula is C49H89NO10. The molecule has 1 aliphatic rings. The molecule has 1 amide bonds. The van der Waals surface area contributed by atoms with E-state index in [4.69, 9.17) is 14.2 Å². The summed E-state index contributed by atoms with van der Waals surface area (Å²) in [6.45, 7) is 4.15. The summed E-state index contributed by atoms with van der Waals surface area (Å²) < 4.78 is 16.6. The van der Waals surface area contributed by atoms with E-state index < -0.39 is 49.5 Å². The summed E-state index contributed by atoms with van der Waals surface area (Å²) in [5.74, 6) is -0.284.